The molecule has 0 rings (SSSR count). The van der Waals surface area contributed by atoms with Crippen molar-refractivity contribution in [3.05, 3.63) is 0 Å². The van der Waals surface area contributed by atoms with Crippen molar-refractivity contribution in [1.82, 2.24) is 0 Å². The third-order valence-corrected chi connectivity index (χ3v) is 0. The fourth-order valence-corrected chi connectivity index (χ4v) is 0. The molecule has 0 amide bonds. The Balaban J connectivity index is -0.0000000381. The normalized spacial score (nSPS) is 9.06. The van der Waals surface area contributed by atoms with Crippen molar-refractivity contribution in [2.24, 2.45) is 0 Å². The second kappa shape index (κ2) is 20.4. The van der Waals surface area contributed by atoms with Crippen molar-refractivity contribution in [3.63, 3.8) is 0 Å². The average Bonchev–Trinajstić information content (AvgIpc) is 1.79. The van der Waals surface area contributed by atoms with Gasteiger partial charge in [-0.05, 0) is 0 Å². The molecule has 0 aliphatic rings. The van der Waals surface area contributed by atoms with Gasteiger partial charge in [0.1, 0.15) is 0 Å². The molecule has 0 fully saturated rings. The first-order valence-electron chi connectivity index (χ1n) is 4.29. The molecular formula is C6H16NaO6P2S2-5. The Bertz CT molecular complexity index is 168. The van der Waals surface area contributed by atoms with Crippen LogP contribution in [0.15, 0.2) is 0 Å². The van der Waals surface area contributed by atoms with Crippen LogP contribution in [-0.2, 0) is 23.6 Å². The van der Waals surface area contributed by atoms with Gasteiger partial charge in [-0.2, -0.15) is 23.6 Å². The minimum atomic E-state index is -4.56. The molecule has 0 aliphatic heterocycles. The summed E-state index contributed by atoms with van der Waals surface area (Å²) in [6, 6.07) is 0. The van der Waals surface area contributed by atoms with Crippen LogP contribution in [0.2, 0.25) is 0 Å². The maximum atomic E-state index is 8.92. The predicted molar refractivity (Wildman–Crippen MR) is 60.5 cm³/mol. The van der Waals surface area contributed by atoms with Crippen molar-refractivity contribution in [2.75, 3.05) is 0 Å². The smallest absolute Gasteiger partial charge is 0.844 e. The van der Waals surface area contributed by atoms with E-state index >= 15 is 0 Å². The Hall–Kier alpha value is 2.06. The van der Waals surface area contributed by atoms with E-state index in [1.165, 1.54) is 12.8 Å². The van der Waals surface area contributed by atoms with Gasteiger partial charge in [-0.15, -0.1) is 0 Å². The molecule has 0 aromatic rings. The summed E-state index contributed by atoms with van der Waals surface area (Å²) < 4.78 is 0. The summed E-state index contributed by atoms with van der Waals surface area (Å²) in [6.07, 6.45) is 2.50. The first-order valence-corrected chi connectivity index (χ1v) is 9.40. The zero-order valence-electron chi connectivity index (χ0n) is 10.6. The molecule has 0 saturated heterocycles. The molecule has 0 atom stereocenters. The van der Waals surface area contributed by atoms with Gasteiger partial charge in [-0.25, -0.2) is 0 Å². The van der Waals surface area contributed by atoms with Crippen LogP contribution in [0.1, 0.15) is 40.5 Å². The average molecular weight is 333 g/mol. The summed E-state index contributed by atoms with van der Waals surface area (Å²) in [5.74, 6) is 0. The first kappa shape index (κ1) is 31.4. The Labute approximate surface area is 136 Å². The maximum absolute atomic E-state index is 8.92. The second-order valence-electron chi connectivity index (χ2n) is 2.31. The molecule has 6 nitrogen and oxygen atoms in total. The minimum Gasteiger partial charge on any atom is -0.844 e. The van der Waals surface area contributed by atoms with Crippen molar-refractivity contribution in [2.45, 2.75) is 40.5 Å². The fourth-order valence-electron chi connectivity index (χ4n) is 0. The summed E-state index contributed by atoms with van der Waals surface area (Å²) >= 11 is 6.54. The summed E-state index contributed by atoms with van der Waals surface area (Å²) in [7, 11) is 0. The Morgan fingerprint density at radius 2 is 0.647 bits per heavy atom. The van der Waals surface area contributed by atoms with Gasteiger partial charge >= 0.3 is 29.6 Å². The molecule has 0 aromatic heterocycles. The molecule has 0 spiro atoms. The van der Waals surface area contributed by atoms with Crippen LogP contribution in [0.4, 0.5) is 0 Å². The topological polar surface area (TPSA) is 138 Å². The number of rotatable bonds is 0. The Morgan fingerprint density at radius 1 is 0.647 bits per heavy atom. The van der Waals surface area contributed by atoms with Gasteiger partial charge in [0.15, 0.2) is 0 Å². The monoisotopic (exact) mass is 333 g/mol. The third kappa shape index (κ3) is 1100. The third-order valence-electron chi connectivity index (χ3n) is 0. The van der Waals surface area contributed by atoms with E-state index in [0.717, 1.165) is 0 Å². The maximum Gasteiger partial charge on any atom is 1.00 e. The molecule has 0 unspecified atom stereocenters. The van der Waals surface area contributed by atoms with E-state index in [2.05, 4.69) is 51.3 Å². The van der Waals surface area contributed by atoms with E-state index in [0.29, 0.717) is 0 Å². The fraction of sp³-hybridized carbons (Fsp3) is 1.00. The van der Waals surface area contributed by atoms with Gasteiger partial charge in [0.25, 0.3) is 0 Å². The zero-order valence-corrected chi connectivity index (χ0v) is 16.0. The zero-order chi connectivity index (χ0) is 14.4. The second-order valence-corrected chi connectivity index (χ2v) is 6.78. The molecule has 0 aliphatic carbocycles. The van der Waals surface area contributed by atoms with Gasteiger partial charge < -0.3 is 42.8 Å². The number of hydrogen-bond donors (Lipinski definition) is 0. The van der Waals surface area contributed by atoms with Crippen LogP contribution < -0.4 is 58.9 Å². The SMILES string of the molecule is CCC.CCC.[Na+].[O-]P([O-])([O-])=S.[O-]P([O-])([O-])=S. The predicted octanol–water partition coefficient (Wildman–Crippen LogP) is -5.58. The van der Waals surface area contributed by atoms with E-state index in [1.807, 2.05) is 0 Å². The molecule has 0 heterocycles. The Morgan fingerprint density at radius 3 is 0.647 bits per heavy atom. The van der Waals surface area contributed by atoms with Crippen LogP contribution in [0.3, 0.4) is 0 Å². The van der Waals surface area contributed by atoms with Gasteiger partial charge in [0, 0.05) is 0 Å². The van der Waals surface area contributed by atoms with Crippen LogP contribution in [0.5, 0.6) is 0 Å². The summed E-state index contributed by atoms with van der Waals surface area (Å²) in [6.45, 7) is -0.611. The molecule has 17 heavy (non-hydrogen) atoms. The van der Waals surface area contributed by atoms with Gasteiger partial charge in [-0.1, -0.05) is 40.5 Å². The van der Waals surface area contributed by atoms with Gasteiger partial charge in [-0.3, -0.25) is 0 Å². The first-order chi connectivity index (χ1) is 6.83. The van der Waals surface area contributed by atoms with Crippen LogP contribution >= 0.6 is 13.4 Å². The van der Waals surface area contributed by atoms with Crippen molar-refractivity contribution in [1.29, 1.82) is 0 Å². The van der Waals surface area contributed by atoms with E-state index in [9.17, 15) is 0 Å². The van der Waals surface area contributed by atoms with Gasteiger partial charge in [0.05, 0.1) is 0 Å². The van der Waals surface area contributed by atoms with E-state index in [-0.39, 0.29) is 29.6 Å². The summed E-state index contributed by atoms with van der Waals surface area (Å²) in [5, 5.41) is 0. The molecule has 104 valence electrons. The van der Waals surface area contributed by atoms with E-state index < -0.39 is 13.4 Å². The molecular weight excluding hydrogens is 317 g/mol. The standard InChI is InChI=1S/2C3H8.Na.2H3O3PS/c2*1-3-2;;2*1-4(2,3)5/h2*3H2,1-2H3;;2*(H3,1,2,3,5)/q;;+1;;/p-6. The van der Waals surface area contributed by atoms with Crippen LogP contribution in [0, 0.1) is 0 Å². The molecule has 0 saturated carbocycles. The van der Waals surface area contributed by atoms with Gasteiger partial charge in [0.2, 0.25) is 0 Å². The van der Waals surface area contributed by atoms with Crippen LogP contribution in [0.25, 0.3) is 0 Å². The van der Waals surface area contributed by atoms with Crippen molar-refractivity contribution >= 4 is 37.1 Å². The van der Waals surface area contributed by atoms with Crippen LogP contribution in [-0.4, -0.2) is 0 Å². The van der Waals surface area contributed by atoms with E-state index in [1.54, 1.807) is 0 Å². The Kier molecular flexibility index (Phi) is 37.7. The quantitative estimate of drug-likeness (QED) is 0.316. The molecule has 11 heteroatoms. The number of hydrogen-bond acceptors (Lipinski definition) is 8. The molecule has 0 radical (unpaired) electrons. The van der Waals surface area contributed by atoms with Crippen molar-refractivity contribution < 1.29 is 58.9 Å². The molecule has 0 bridgehead atoms. The molecule has 0 N–H and O–H groups in total. The molecule has 0 aromatic carbocycles. The largest absolute Gasteiger partial charge is 1.00 e. The van der Waals surface area contributed by atoms with E-state index in [4.69, 9.17) is 29.4 Å². The summed E-state index contributed by atoms with van der Waals surface area (Å²) in [4.78, 5) is 53.5. The summed E-state index contributed by atoms with van der Waals surface area (Å²) in [5.41, 5.74) is 0. The van der Waals surface area contributed by atoms with Crippen molar-refractivity contribution in [3.8, 4) is 0 Å². The minimum absolute atomic E-state index is 0.